The Balaban J connectivity index is 1.49. The number of fused-ring (bicyclic) bond motifs is 1. The largest absolute Gasteiger partial charge is 0.310 e. The second kappa shape index (κ2) is 4.66. The summed E-state index contributed by atoms with van der Waals surface area (Å²) in [4.78, 5) is 2.61. The number of hydrogen-bond acceptors (Lipinski definition) is 2. The molecule has 0 radical (unpaired) electrons. The summed E-state index contributed by atoms with van der Waals surface area (Å²) in [7, 11) is 2.33. The van der Waals surface area contributed by atoms with Gasteiger partial charge >= 0.3 is 0 Å². The predicted octanol–water partition coefficient (Wildman–Crippen LogP) is 2.39. The molecule has 0 aromatic rings. The van der Waals surface area contributed by atoms with Crippen molar-refractivity contribution in [1.82, 2.24) is 10.2 Å². The Morgan fingerprint density at radius 1 is 1.06 bits per heavy atom. The van der Waals surface area contributed by atoms with Crippen LogP contribution in [0.4, 0.5) is 0 Å². The minimum absolute atomic E-state index is 0.790. The summed E-state index contributed by atoms with van der Waals surface area (Å²) >= 11 is 0. The molecule has 1 heterocycles. The molecule has 0 aromatic carbocycles. The van der Waals surface area contributed by atoms with Crippen molar-refractivity contribution in [2.75, 3.05) is 13.6 Å². The van der Waals surface area contributed by atoms with Gasteiger partial charge in [-0.05, 0) is 45.1 Å². The smallest absolute Gasteiger partial charge is 0.0200 e. The molecular weight excluding hydrogens is 196 g/mol. The third-order valence-corrected chi connectivity index (χ3v) is 5.15. The Kier molecular flexibility index (Phi) is 3.21. The monoisotopic (exact) mass is 222 g/mol. The lowest BCUT2D eigenvalue weighted by Gasteiger charge is -2.36. The topological polar surface area (TPSA) is 15.3 Å². The van der Waals surface area contributed by atoms with Crippen molar-refractivity contribution in [3.63, 3.8) is 0 Å². The van der Waals surface area contributed by atoms with Gasteiger partial charge in [0.1, 0.15) is 0 Å². The maximum absolute atomic E-state index is 3.89. The highest BCUT2D eigenvalue weighted by Crippen LogP contribution is 2.34. The zero-order valence-electron chi connectivity index (χ0n) is 10.6. The SMILES string of the molecule is CN(CC1CC2CCCCC2N1)C1CCC1. The van der Waals surface area contributed by atoms with Gasteiger partial charge in [0, 0.05) is 24.7 Å². The molecular formula is C14H26N2. The zero-order chi connectivity index (χ0) is 11.0. The van der Waals surface area contributed by atoms with E-state index in [1.54, 1.807) is 0 Å². The molecule has 92 valence electrons. The third-order valence-electron chi connectivity index (χ3n) is 5.15. The van der Waals surface area contributed by atoms with Crippen LogP contribution in [-0.2, 0) is 0 Å². The Hall–Kier alpha value is -0.0800. The molecule has 3 aliphatic rings. The molecule has 3 atom stereocenters. The molecule has 0 aromatic heterocycles. The Morgan fingerprint density at radius 3 is 2.56 bits per heavy atom. The van der Waals surface area contributed by atoms with E-state index in [0.717, 1.165) is 24.0 Å². The summed E-state index contributed by atoms with van der Waals surface area (Å²) in [5, 5.41) is 3.89. The van der Waals surface area contributed by atoms with Crippen molar-refractivity contribution >= 4 is 0 Å². The summed E-state index contributed by atoms with van der Waals surface area (Å²) in [6.07, 6.45) is 11.6. The van der Waals surface area contributed by atoms with Gasteiger partial charge in [-0.1, -0.05) is 19.3 Å². The molecule has 2 nitrogen and oxygen atoms in total. The molecule has 0 amide bonds. The van der Waals surface area contributed by atoms with Gasteiger partial charge in [0.05, 0.1) is 0 Å². The molecule has 0 bridgehead atoms. The number of likely N-dealkylation sites (N-methyl/N-ethyl adjacent to an activating group) is 1. The van der Waals surface area contributed by atoms with Gasteiger partial charge in [-0.15, -0.1) is 0 Å². The standard InChI is InChI=1S/C14H26N2/c1-16(13-6-4-7-13)10-12-9-11-5-2-3-8-14(11)15-12/h11-15H,2-10H2,1H3. The van der Waals surface area contributed by atoms with Crippen LogP contribution in [0.2, 0.25) is 0 Å². The van der Waals surface area contributed by atoms with Gasteiger partial charge in [0.25, 0.3) is 0 Å². The number of nitrogens with one attached hydrogen (secondary N) is 1. The molecule has 1 N–H and O–H groups in total. The van der Waals surface area contributed by atoms with E-state index in [0.29, 0.717) is 0 Å². The summed E-state index contributed by atoms with van der Waals surface area (Å²) in [6.45, 7) is 1.29. The van der Waals surface area contributed by atoms with Crippen LogP contribution >= 0.6 is 0 Å². The minimum atomic E-state index is 0.790. The van der Waals surface area contributed by atoms with E-state index in [2.05, 4.69) is 17.3 Å². The highest BCUT2D eigenvalue weighted by atomic mass is 15.2. The lowest BCUT2D eigenvalue weighted by molar-refractivity contribution is 0.147. The lowest BCUT2D eigenvalue weighted by atomic mass is 9.85. The number of nitrogens with zero attached hydrogens (tertiary/aromatic N) is 1. The highest BCUT2D eigenvalue weighted by molar-refractivity contribution is 4.94. The van der Waals surface area contributed by atoms with E-state index in [4.69, 9.17) is 0 Å². The van der Waals surface area contributed by atoms with Crippen LogP contribution in [0.1, 0.15) is 51.4 Å². The van der Waals surface area contributed by atoms with Crippen LogP contribution < -0.4 is 5.32 Å². The highest BCUT2D eigenvalue weighted by Gasteiger charge is 2.36. The van der Waals surface area contributed by atoms with E-state index in [1.807, 2.05) is 0 Å². The third kappa shape index (κ3) is 2.14. The van der Waals surface area contributed by atoms with Gasteiger partial charge < -0.3 is 10.2 Å². The predicted molar refractivity (Wildman–Crippen MR) is 67.6 cm³/mol. The zero-order valence-corrected chi connectivity index (χ0v) is 10.6. The average Bonchev–Trinajstić information content (AvgIpc) is 2.56. The summed E-state index contributed by atoms with van der Waals surface area (Å²) in [5.74, 6) is 1.01. The maximum Gasteiger partial charge on any atom is 0.0200 e. The fourth-order valence-electron chi connectivity index (χ4n) is 3.90. The molecule has 1 saturated heterocycles. The van der Waals surface area contributed by atoms with E-state index in [1.165, 1.54) is 57.9 Å². The molecule has 1 aliphatic heterocycles. The molecule has 16 heavy (non-hydrogen) atoms. The van der Waals surface area contributed by atoms with E-state index in [9.17, 15) is 0 Å². The Labute approximate surface area is 99.8 Å². The van der Waals surface area contributed by atoms with Crippen LogP contribution in [0.3, 0.4) is 0 Å². The second-order valence-electron chi connectivity index (χ2n) is 6.27. The van der Waals surface area contributed by atoms with E-state index in [-0.39, 0.29) is 0 Å². The summed E-state index contributed by atoms with van der Waals surface area (Å²) in [6, 6.07) is 2.57. The Morgan fingerprint density at radius 2 is 1.88 bits per heavy atom. The molecule has 2 saturated carbocycles. The molecule has 3 fully saturated rings. The van der Waals surface area contributed by atoms with Crippen molar-refractivity contribution in [3.05, 3.63) is 0 Å². The van der Waals surface area contributed by atoms with Crippen molar-refractivity contribution < 1.29 is 0 Å². The lowest BCUT2D eigenvalue weighted by Crippen LogP contribution is -2.45. The van der Waals surface area contributed by atoms with Crippen LogP contribution in [0.15, 0.2) is 0 Å². The van der Waals surface area contributed by atoms with E-state index < -0.39 is 0 Å². The first-order chi connectivity index (χ1) is 7.83. The van der Waals surface area contributed by atoms with Gasteiger partial charge in [0.2, 0.25) is 0 Å². The van der Waals surface area contributed by atoms with Gasteiger partial charge in [-0.2, -0.15) is 0 Å². The molecule has 2 aliphatic carbocycles. The van der Waals surface area contributed by atoms with Crippen molar-refractivity contribution in [1.29, 1.82) is 0 Å². The molecule has 2 heteroatoms. The first kappa shape index (κ1) is 11.0. The van der Waals surface area contributed by atoms with Crippen LogP contribution in [0.5, 0.6) is 0 Å². The molecule has 0 spiro atoms. The van der Waals surface area contributed by atoms with E-state index >= 15 is 0 Å². The number of hydrogen-bond donors (Lipinski definition) is 1. The average molecular weight is 222 g/mol. The van der Waals surface area contributed by atoms with Crippen molar-refractivity contribution in [3.8, 4) is 0 Å². The molecule has 3 rings (SSSR count). The minimum Gasteiger partial charge on any atom is -0.310 e. The van der Waals surface area contributed by atoms with Crippen LogP contribution in [-0.4, -0.2) is 36.6 Å². The first-order valence-electron chi connectivity index (χ1n) is 7.29. The van der Waals surface area contributed by atoms with Crippen LogP contribution in [0, 0.1) is 5.92 Å². The maximum atomic E-state index is 3.89. The van der Waals surface area contributed by atoms with Gasteiger partial charge in [-0.25, -0.2) is 0 Å². The first-order valence-corrected chi connectivity index (χ1v) is 7.29. The second-order valence-corrected chi connectivity index (χ2v) is 6.27. The van der Waals surface area contributed by atoms with Crippen molar-refractivity contribution in [2.24, 2.45) is 5.92 Å². The van der Waals surface area contributed by atoms with Gasteiger partial charge in [-0.3, -0.25) is 0 Å². The summed E-state index contributed by atoms with van der Waals surface area (Å²) < 4.78 is 0. The fourth-order valence-corrected chi connectivity index (χ4v) is 3.90. The number of rotatable bonds is 3. The Bertz CT molecular complexity index is 223. The quantitative estimate of drug-likeness (QED) is 0.789. The van der Waals surface area contributed by atoms with Gasteiger partial charge in [0.15, 0.2) is 0 Å². The molecule has 3 unspecified atom stereocenters. The fraction of sp³-hybridized carbons (Fsp3) is 1.00. The summed E-state index contributed by atoms with van der Waals surface area (Å²) in [5.41, 5.74) is 0. The van der Waals surface area contributed by atoms with Crippen molar-refractivity contribution in [2.45, 2.75) is 69.5 Å². The van der Waals surface area contributed by atoms with Crippen LogP contribution in [0.25, 0.3) is 0 Å². The normalized spacial score (nSPS) is 39.8.